The highest BCUT2D eigenvalue weighted by molar-refractivity contribution is 5.95. The number of hydrogen-bond donors (Lipinski definition) is 3. The van der Waals surface area contributed by atoms with E-state index >= 15 is 0 Å². The molecule has 0 saturated carbocycles. The summed E-state index contributed by atoms with van der Waals surface area (Å²) >= 11 is 0. The summed E-state index contributed by atoms with van der Waals surface area (Å²) in [6.45, 7) is 6.83. The van der Waals surface area contributed by atoms with Gasteiger partial charge in [0.1, 0.15) is 0 Å². The van der Waals surface area contributed by atoms with Gasteiger partial charge in [-0.3, -0.25) is 14.7 Å². The third-order valence-electron chi connectivity index (χ3n) is 2.42. The number of carbonyl (C=O) groups is 2. The molecule has 0 atom stereocenters. The molecule has 0 fully saturated rings. The fourth-order valence-corrected chi connectivity index (χ4v) is 1.37. The Labute approximate surface area is 107 Å². The van der Waals surface area contributed by atoms with Crippen LogP contribution in [0, 0.1) is 12.8 Å². The lowest BCUT2D eigenvalue weighted by atomic mass is 10.2. The first kappa shape index (κ1) is 14.2. The zero-order valence-electron chi connectivity index (χ0n) is 11.0. The lowest BCUT2D eigenvalue weighted by molar-refractivity contribution is -0.121. The molecule has 2 amide bonds. The van der Waals surface area contributed by atoms with Gasteiger partial charge in [0.2, 0.25) is 5.91 Å². The van der Waals surface area contributed by atoms with E-state index in [4.69, 9.17) is 0 Å². The van der Waals surface area contributed by atoms with Crippen LogP contribution in [0.25, 0.3) is 0 Å². The summed E-state index contributed by atoms with van der Waals surface area (Å²) in [6, 6.07) is 0. The van der Waals surface area contributed by atoms with E-state index in [1.54, 1.807) is 6.92 Å². The van der Waals surface area contributed by atoms with Crippen LogP contribution in [0.3, 0.4) is 0 Å². The van der Waals surface area contributed by atoms with Gasteiger partial charge in [0.05, 0.1) is 11.8 Å². The predicted molar refractivity (Wildman–Crippen MR) is 68.1 cm³/mol. The van der Waals surface area contributed by atoms with E-state index in [1.165, 1.54) is 6.20 Å². The quantitative estimate of drug-likeness (QED) is 0.693. The van der Waals surface area contributed by atoms with Gasteiger partial charge >= 0.3 is 0 Å². The van der Waals surface area contributed by atoms with Gasteiger partial charge in [0.15, 0.2) is 0 Å². The summed E-state index contributed by atoms with van der Waals surface area (Å²) in [4.78, 5) is 23.1. The maximum absolute atomic E-state index is 11.7. The van der Waals surface area contributed by atoms with Crippen LogP contribution in [-0.2, 0) is 4.79 Å². The van der Waals surface area contributed by atoms with E-state index in [0.717, 1.165) is 5.69 Å². The van der Waals surface area contributed by atoms with Crippen molar-refractivity contribution in [1.82, 2.24) is 20.8 Å². The highest BCUT2D eigenvalue weighted by Crippen LogP contribution is 2.01. The van der Waals surface area contributed by atoms with E-state index in [1.807, 2.05) is 13.8 Å². The van der Waals surface area contributed by atoms with Crippen LogP contribution in [0.2, 0.25) is 0 Å². The van der Waals surface area contributed by atoms with E-state index in [9.17, 15) is 9.59 Å². The number of carbonyl (C=O) groups excluding carboxylic acids is 2. The van der Waals surface area contributed by atoms with Crippen molar-refractivity contribution in [3.8, 4) is 0 Å². The van der Waals surface area contributed by atoms with Gasteiger partial charge in [-0.15, -0.1) is 0 Å². The molecule has 0 unspecified atom stereocenters. The molecule has 1 rings (SSSR count). The smallest absolute Gasteiger partial charge is 0.254 e. The van der Waals surface area contributed by atoms with Crippen molar-refractivity contribution in [1.29, 1.82) is 0 Å². The molecule has 1 aromatic rings. The molecule has 100 valence electrons. The molecule has 1 heterocycles. The Hall–Kier alpha value is -1.85. The summed E-state index contributed by atoms with van der Waals surface area (Å²) in [7, 11) is 0. The fourth-order valence-electron chi connectivity index (χ4n) is 1.37. The van der Waals surface area contributed by atoms with Crippen molar-refractivity contribution in [3.63, 3.8) is 0 Å². The number of aromatic amines is 1. The average molecular weight is 252 g/mol. The fraction of sp³-hybridized carbons (Fsp3) is 0.583. The van der Waals surface area contributed by atoms with Gasteiger partial charge in [0, 0.05) is 25.2 Å². The first-order valence-corrected chi connectivity index (χ1v) is 6.05. The highest BCUT2D eigenvalue weighted by atomic mass is 16.2. The summed E-state index contributed by atoms with van der Waals surface area (Å²) in [5.74, 6) is 0.169. The summed E-state index contributed by atoms with van der Waals surface area (Å²) in [5, 5.41) is 11.9. The standard InChI is InChI=1S/C12H20N4O2/c1-8(2)6-14-11(17)4-5-13-12(18)10-7-15-16-9(10)3/h7-8H,4-6H2,1-3H3,(H,13,18)(H,14,17)(H,15,16). The van der Waals surface area contributed by atoms with Crippen molar-refractivity contribution in [2.24, 2.45) is 5.92 Å². The van der Waals surface area contributed by atoms with Crippen molar-refractivity contribution in [3.05, 3.63) is 17.5 Å². The van der Waals surface area contributed by atoms with Crippen molar-refractivity contribution in [2.75, 3.05) is 13.1 Å². The first-order valence-electron chi connectivity index (χ1n) is 6.05. The van der Waals surface area contributed by atoms with E-state index in [-0.39, 0.29) is 18.2 Å². The Morgan fingerprint density at radius 2 is 2.11 bits per heavy atom. The lowest BCUT2D eigenvalue weighted by Gasteiger charge is -2.08. The molecule has 0 aliphatic rings. The number of nitrogens with one attached hydrogen (secondary N) is 3. The summed E-state index contributed by atoms with van der Waals surface area (Å²) in [5.41, 5.74) is 1.23. The number of nitrogens with zero attached hydrogens (tertiary/aromatic N) is 1. The minimum atomic E-state index is -0.210. The van der Waals surface area contributed by atoms with Crippen LogP contribution in [0.15, 0.2) is 6.20 Å². The van der Waals surface area contributed by atoms with Gasteiger partial charge < -0.3 is 10.6 Å². The van der Waals surface area contributed by atoms with E-state index < -0.39 is 0 Å². The van der Waals surface area contributed by atoms with Gasteiger partial charge in [-0.1, -0.05) is 13.8 Å². The monoisotopic (exact) mass is 252 g/mol. The number of aromatic nitrogens is 2. The molecular formula is C12H20N4O2. The van der Waals surface area contributed by atoms with Crippen molar-refractivity contribution < 1.29 is 9.59 Å². The summed E-state index contributed by atoms with van der Waals surface area (Å²) < 4.78 is 0. The van der Waals surface area contributed by atoms with Crippen molar-refractivity contribution in [2.45, 2.75) is 27.2 Å². The molecule has 18 heavy (non-hydrogen) atoms. The molecule has 0 aliphatic carbocycles. The number of H-pyrrole nitrogens is 1. The Morgan fingerprint density at radius 3 is 2.67 bits per heavy atom. The van der Waals surface area contributed by atoms with Crippen LogP contribution in [0.5, 0.6) is 0 Å². The normalized spacial score (nSPS) is 10.4. The van der Waals surface area contributed by atoms with E-state index in [0.29, 0.717) is 24.6 Å². The zero-order valence-corrected chi connectivity index (χ0v) is 11.0. The maximum Gasteiger partial charge on any atom is 0.254 e. The molecule has 0 aliphatic heterocycles. The molecule has 6 nitrogen and oxygen atoms in total. The van der Waals surface area contributed by atoms with Gasteiger partial charge in [-0.2, -0.15) is 5.10 Å². The molecule has 3 N–H and O–H groups in total. The lowest BCUT2D eigenvalue weighted by Crippen LogP contribution is -2.32. The topological polar surface area (TPSA) is 86.9 Å². The van der Waals surface area contributed by atoms with Crippen LogP contribution < -0.4 is 10.6 Å². The van der Waals surface area contributed by atoms with E-state index in [2.05, 4.69) is 20.8 Å². The third-order valence-corrected chi connectivity index (χ3v) is 2.42. The minimum Gasteiger partial charge on any atom is -0.356 e. The molecule has 6 heteroatoms. The largest absolute Gasteiger partial charge is 0.356 e. The molecule has 1 aromatic heterocycles. The first-order chi connectivity index (χ1) is 8.50. The Balaban J connectivity index is 2.24. The minimum absolute atomic E-state index is 0.0482. The van der Waals surface area contributed by atoms with Crippen LogP contribution in [0.1, 0.15) is 36.3 Å². The molecule has 0 radical (unpaired) electrons. The number of hydrogen-bond acceptors (Lipinski definition) is 3. The molecule has 0 saturated heterocycles. The highest BCUT2D eigenvalue weighted by Gasteiger charge is 2.10. The second-order valence-electron chi connectivity index (χ2n) is 4.61. The molecule has 0 bridgehead atoms. The van der Waals surface area contributed by atoms with Crippen LogP contribution in [0.4, 0.5) is 0 Å². The molecular weight excluding hydrogens is 232 g/mol. The summed E-state index contributed by atoms with van der Waals surface area (Å²) in [6.07, 6.45) is 1.76. The third kappa shape index (κ3) is 4.57. The second-order valence-corrected chi connectivity index (χ2v) is 4.61. The van der Waals surface area contributed by atoms with Crippen LogP contribution >= 0.6 is 0 Å². The average Bonchev–Trinajstić information content (AvgIpc) is 2.72. The number of amides is 2. The second kappa shape index (κ2) is 6.78. The molecule has 0 aromatic carbocycles. The molecule has 0 spiro atoms. The Morgan fingerprint density at radius 1 is 1.39 bits per heavy atom. The Bertz CT molecular complexity index is 412. The Kier molecular flexibility index (Phi) is 5.35. The van der Waals surface area contributed by atoms with Crippen LogP contribution in [-0.4, -0.2) is 35.1 Å². The number of aryl methyl sites for hydroxylation is 1. The maximum atomic E-state index is 11.7. The zero-order chi connectivity index (χ0) is 13.5. The number of rotatable bonds is 6. The predicted octanol–water partition coefficient (Wildman–Crippen LogP) is 0.610. The SMILES string of the molecule is Cc1[nH]ncc1C(=O)NCCC(=O)NCC(C)C. The van der Waals surface area contributed by atoms with Gasteiger partial charge in [-0.25, -0.2) is 0 Å². The van der Waals surface area contributed by atoms with Gasteiger partial charge in [0.25, 0.3) is 5.91 Å². The van der Waals surface area contributed by atoms with Crippen molar-refractivity contribution >= 4 is 11.8 Å². The van der Waals surface area contributed by atoms with Gasteiger partial charge in [-0.05, 0) is 12.8 Å².